The summed E-state index contributed by atoms with van der Waals surface area (Å²) in [6, 6.07) is 7.97. The van der Waals surface area contributed by atoms with Crippen LogP contribution in [0.15, 0.2) is 29.3 Å². The molecule has 1 fully saturated rings. The van der Waals surface area contributed by atoms with E-state index in [4.69, 9.17) is 11.6 Å². The number of nitrogens with one attached hydrogen (secondary N) is 2. The van der Waals surface area contributed by atoms with E-state index >= 15 is 0 Å². The van der Waals surface area contributed by atoms with E-state index in [0.29, 0.717) is 0 Å². The van der Waals surface area contributed by atoms with Gasteiger partial charge in [0.1, 0.15) is 0 Å². The molecule has 0 amide bonds. The molecule has 4 heteroatoms. The first-order chi connectivity index (χ1) is 9.29. The maximum Gasteiger partial charge on any atom is 0.190 e. The van der Waals surface area contributed by atoms with Gasteiger partial charge in [0, 0.05) is 25.2 Å². The second-order valence-corrected chi connectivity index (χ2v) is 5.41. The van der Waals surface area contributed by atoms with Gasteiger partial charge in [0.05, 0.1) is 0 Å². The lowest BCUT2D eigenvalue weighted by molar-refractivity contribution is 0.684. The first kappa shape index (κ1) is 14.2. The van der Waals surface area contributed by atoms with Gasteiger partial charge in [0.25, 0.3) is 0 Å². The molecule has 0 aliphatic heterocycles. The highest BCUT2D eigenvalue weighted by molar-refractivity contribution is 6.31. The minimum atomic E-state index is 0.834. The van der Waals surface area contributed by atoms with Crippen LogP contribution in [0.1, 0.15) is 24.8 Å². The maximum absolute atomic E-state index is 6.13. The molecule has 104 valence electrons. The van der Waals surface area contributed by atoms with Gasteiger partial charge in [-0.2, -0.15) is 0 Å². The van der Waals surface area contributed by atoms with E-state index in [1.807, 2.05) is 25.2 Å². The maximum atomic E-state index is 6.13. The van der Waals surface area contributed by atoms with E-state index in [1.165, 1.54) is 24.8 Å². The van der Waals surface area contributed by atoms with Crippen molar-refractivity contribution >= 4 is 17.6 Å². The Labute approximate surface area is 120 Å². The molecule has 19 heavy (non-hydrogen) atoms. The van der Waals surface area contributed by atoms with Gasteiger partial charge in [0.2, 0.25) is 0 Å². The summed E-state index contributed by atoms with van der Waals surface area (Å²) in [5.74, 6) is 1.83. The van der Waals surface area contributed by atoms with Crippen molar-refractivity contribution in [2.45, 2.75) is 25.7 Å². The molecule has 0 saturated heterocycles. The van der Waals surface area contributed by atoms with E-state index in [9.17, 15) is 0 Å². The number of nitrogens with zero attached hydrogens (tertiary/aromatic N) is 1. The number of aliphatic imine (C=N–C) groups is 1. The molecule has 0 unspecified atom stereocenters. The van der Waals surface area contributed by atoms with Crippen LogP contribution in [-0.4, -0.2) is 26.1 Å². The highest BCUT2D eigenvalue weighted by atomic mass is 35.5. The van der Waals surface area contributed by atoms with E-state index < -0.39 is 0 Å². The molecule has 1 aliphatic carbocycles. The Morgan fingerprint density at radius 1 is 1.26 bits per heavy atom. The van der Waals surface area contributed by atoms with Crippen LogP contribution in [0.25, 0.3) is 0 Å². The Bertz CT molecular complexity index is 427. The van der Waals surface area contributed by atoms with Crippen LogP contribution >= 0.6 is 11.6 Å². The fourth-order valence-corrected chi connectivity index (χ4v) is 2.27. The smallest absolute Gasteiger partial charge is 0.190 e. The predicted molar refractivity (Wildman–Crippen MR) is 81.9 cm³/mol. The molecule has 1 saturated carbocycles. The molecule has 2 N–H and O–H groups in total. The van der Waals surface area contributed by atoms with Crippen molar-refractivity contribution in [3.05, 3.63) is 34.9 Å². The van der Waals surface area contributed by atoms with Gasteiger partial charge >= 0.3 is 0 Å². The second kappa shape index (κ2) is 7.39. The molecular formula is C15H22ClN3. The number of guanidine groups is 1. The zero-order chi connectivity index (χ0) is 13.5. The number of benzene rings is 1. The predicted octanol–water partition coefficient (Wildman–Crippen LogP) is 2.85. The Morgan fingerprint density at radius 2 is 2.00 bits per heavy atom. The van der Waals surface area contributed by atoms with Crippen molar-refractivity contribution in [3.8, 4) is 0 Å². The van der Waals surface area contributed by atoms with Gasteiger partial charge in [-0.3, -0.25) is 4.99 Å². The van der Waals surface area contributed by atoms with Crippen LogP contribution in [0.4, 0.5) is 0 Å². The average Bonchev–Trinajstić information content (AvgIpc) is 3.23. The molecule has 0 heterocycles. The van der Waals surface area contributed by atoms with Crippen LogP contribution < -0.4 is 10.6 Å². The van der Waals surface area contributed by atoms with Gasteiger partial charge < -0.3 is 10.6 Å². The van der Waals surface area contributed by atoms with Crippen molar-refractivity contribution in [3.63, 3.8) is 0 Å². The van der Waals surface area contributed by atoms with Crippen molar-refractivity contribution < 1.29 is 0 Å². The standard InChI is InChI=1S/C15H22ClN3/c1-17-15(18-10-8-12-6-7-12)19-11-9-13-4-2-3-5-14(13)16/h2-5,12H,6-11H2,1H3,(H2,17,18,19). The Morgan fingerprint density at radius 3 is 2.68 bits per heavy atom. The molecule has 1 aromatic carbocycles. The van der Waals surface area contributed by atoms with Gasteiger partial charge in [-0.15, -0.1) is 0 Å². The monoisotopic (exact) mass is 279 g/mol. The number of rotatable bonds is 6. The third kappa shape index (κ3) is 5.11. The highest BCUT2D eigenvalue weighted by Crippen LogP contribution is 2.31. The Balaban J connectivity index is 1.66. The molecule has 1 aromatic rings. The molecular weight excluding hydrogens is 258 g/mol. The van der Waals surface area contributed by atoms with E-state index in [1.54, 1.807) is 0 Å². The lowest BCUT2D eigenvalue weighted by Gasteiger charge is -2.12. The Hall–Kier alpha value is -1.22. The van der Waals surface area contributed by atoms with Crippen molar-refractivity contribution in [1.29, 1.82) is 0 Å². The summed E-state index contributed by atoms with van der Waals surface area (Å²) >= 11 is 6.13. The number of hydrogen-bond acceptors (Lipinski definition) is 1. The number of halogens is 1. The third-order valence-corrected chi connectivity index (χ3v) is 3.78. The molecule has 0 aromatic heterocycles. The minimum absolute atomic E-state index is 0.834. The molecule has 0 atom stereocenters. The highest BCUT2D eigenvalue weighted by Gasteiger charge is 2.20. The largest absolute Gasteiger partial charge is 0.356 e. The fourth-order valence-electron chi connectivity index (χ4n) is 2.04. The first-order valence-electron chi connectivity index (χ1n) is 6.97. The topological polar surface area (TPSA) is 36.4 Å². The second-order valence-electron chi connectivity index (χ2n) is 5.00. The molecule has 2 rings (SSSR count). The quantitative estimate of drug-likeness (QED) is 0.621. The normalized spacial score (nSPS) is 15.4. The minimum Gasteiger partial charge on any atom is -0.356 e. The average molecular weight is 280 g/mol. The summed E-state index contributed by atoms with van der Waals surface area (Å²) in [6.45, 7) is 1.85. The Kier molecular flexibility index (Phi) is 5.52. The van der Waals surface area contributed by atoms with E-state index in [-0.39, 0.29) is 0 Å². The molecule has 0 radical (unpaired) electrons. The van der Waals surface area contributed by atoms with E-state index in [2.05, 4.69) is 21.7 Å². The lowest BCUT2D eigenvalue weighted by Crippen LogP contribution is -2.38. The summed E-state index contributed by atoms with van der Waals surface area (Å²) in [4.78, 5) is 4.22. The SMILES string of the molecule is CN=C(NCCc1ccccc1Cl)NCCC1CC1. The summed E-state index contributed by atoms with van der Waals surface area (Å²) < 4.78 is 0. The molecule has 1 aliphatic rings. The van der Waals surface area contributed by atoms with Gasteiger partial charge in [0.15, 0.2) is 5.96 Å². The summed E-state index contributed by atoms with van der Waals surface area (Å²) in [6.07, 6.45) is 4.97. The first-order valence-corrected chi connectivity index (χ1v) is 7.35. The van der Waals surface area contributed by atoms with Crippen LogP contribution in [0.2, 0.25) is 5.02 Å². The summed E-state index contributed by atoms with van der Waals surface area (Å²) in [5.41, 5.74) is 1.17. The molecule has 3 nitrogen and oxygen atoms in total. The third-order valence-electron chi connectivity index (χ3n) is 3.41. The zero-order valence-corrected chi connectivity index (χ0v) is 12.2. The lowest BCUT2D eigenvalue weighted by atomic mass is 10.1. The molecule has 0 spiro atoms. The van der Waals surface area contributed by atoms with Crippen molar-refractivity contribution in [2.75, 3.05) is 20.1 Å². The summed E-state index contributed by atoms with van der Waals surface area (Å²) in [7, 11) is 1.81. The van der Waals surface area contributed by atoms with E-state index in [0.717, 1.165) is 36.4 Å². The fraction of sp³-hybridized carbons (Fsp3) is 0.533. The van der Waals surface area contributed by atoms with Gasteiger partial charge in [-0.25, -0.2) is 0 Å². The van der Waals surface area contributed by atoms with Gasteiger partial charge in [-0.05, 0) is 30.4 Å². The van der Waals surface area contributed by atoms with Gasteiger partial charge in [-0.1, -0.05) is 42.6 Å². The van der Waals surface area contributed by atoms with Crippen LogP contribution in [0, 0.1) is 5.92 Å². The van der Waals surface area contributed by atoms with Crippen molar-refractivity contribution in [2.24, 2.45) is 10.9 Å². The summed E-state index contributed by atoms with van der Waals surface area (Å²) in [5, 5.41) is 7.50. The number of hydrogen-bond donors (Lipinski definition) is 2. The zero-order valence-electron chi connectivity index (χ0n) is 11.5. The molecule has 0 bridgehead atoms. The van der Waals surface area contributed by atoms with Crippen LogP contribution in [0.5, 0.6) is 0 Å². The van der Waals surface area contributed by atoms with Crippen LogP contribution in [0.3, 0.4) is 0 Å². The van der Waals surface area contributed by atoms with Crippen molar-refractivity contribution in [1.82, 2.24) is 10.6 Å². The van der Waals surface area contributed by atoms with Crippen LogP contribution in [-0.2, 0) is 6.42 Å².